The van der Waals surface area contributed by atoms with Gasteiger partial charge in [0.15, 0.2) is 6.29 Å². The normalized spacial score (nSPS) is 15.4. The van der Waals surface area contributed by atoms with Crippen molar-refractivity contribution in [3.05, 3.63) is 52.8 Å². The van der Waals surface area contributed by atoms with Crippen LogP contribution in [0.3, 0.4) is 0 Å². The highest BCUT2D eigenvalue weighted by atomic mass is 32.2. The third-order valence-electron chi connectivity index (χ3n) is 6.11. The molecule has 34 heavy (non-hydrogen) atoms. The van der Waals surface area contributed by atoms with Gasteiger partial charge in [0.1, 0.15) is 5.56 Å². The second kappa shape index (κ2) is 11.3. The van der Waals surface area contributed by atoms with Crippen molar-refractivity contribution in [2.75, 3.05) is 40.9 Å². The number of likely N-dealkylation sites (N-methyl/N-ethyl adjacent to an activating group) is 1. The number of ether oxygens (including phenoxy) is 2. The lowest BCUT2D eigenvalue weighted by Gasteiger charge is -2.23. The molecule has 1 aliphatic rings. The van der Waals surface area contributed by atoms with Gasteiger partial charge in [-0.2, -0.15) is 4.31 Å². The van der Waals surface area contributed by atoms with Gasteiger partial charge in [0.25, 0.3) is 5.91 Å². The van der Waals surface area contributed by atoms with Gasteiger partial charge in [0.05, 0.1) is 17.0 Å². The number of allylic oxidation sites excluding steroid dienone is 1. The molecule has 1 aliphatic heterocycles. The second-order valence-corrected chi connectivity index (χ2v) is 10.3. The zero-order chi connectivity index (χ0) is 24.9. The summed E-state index contributed by atoms with van der Waals surface area (Å²) in [6, 6.07) is 4.53. The van der Waals surface area contributed by atoms with Crippen LogP contribution in [0.1, 0.15) is 36.0 Å². The van der Waals surface area contributed by atoms with Gasteiger partial charge < -0.3 is 18.9 Å². The highest BCUT2D eigenvalue weighted by Crippen LogP contribution is 2.24. The number of sulfonamides is 1. The fourth-order valence-corrected chi connectivity index (χ4v) is 5.71. The highest BCUT2D eigenvalue weighted by molar-refractivity contribution is 7.89. The number of hydrogen-bond acceptors (Lipinski definition) is 6. The van der Waals surface area contributed by atoms with Gasteiger partial charge in [-0.15, -0.1) is 6.58 Å². The summed E-state index contributed by atoms with van der Waals surface area (Å²) < 4.78 is 40.2. The monoisotopic (exact) mass is 491 g/mol. The highest BCUT2D eigenvalue weighted by Gasteiger charge is 2.27. The van der Waals surface area contributed by atoms with E-state index in [1.807, 2.05) is 0 Å². The molecule has 9 nitrogen and oxygen atoms in total. The van der Waals surface area contributed by atoms with E-state index < -0.39 is 27.6 Å². The van der Waals surface area contributed by atoms with Gasteiger partial charge in [-0.1, -0.05) is 18.9 Å². The van der Waals surface area contributed by atoms with Gasteiger partial charge in [0.2, 0.25) is 15.5 Å². The summed E-state index contributed by atoms with van der Waals surface area (Å²) in [4.78, 5) is 28.0. The average molecular weight is 492 g/mol. The minimum Gasteiger partial charge on any atom is -0.354 e. The largest absolute Gasteiger partial charge is 0.354 e. The number of methoxy groups -OCH3 is 2. The smallest absolute Gasteiger partial charge is 0.259 e. The van der Waals surface area contributed by atoms with Gasteiger partial charge in [-0.3, -0.25) is 9.59 Å². The zero-order valence-corrected chi connectivity index (χ0v) is 20.8. The van der Waals surface area contributed by atoms with Crippen LogP contribution in [0.5, 0.6) is 0 Å². The first-order chi connectivity index (χ1) is 16.2. The van der Waals surface area contributed by atoms with Gasteiger partial charge in [-0.25, -0.2) is 8.42 Å². The molecular weight excluding hydrogens is 458 g/mol. The van der Waals surface area contributed by atoms with E-state index in [9.17, 15) is 18.0 Å². The van der Waals surface area contributed by atoms with Crippen LogP contribution in [0.25, 0.3) is 10.9 Å². The lowest BCUT2D eigenvalue weighted by atomic mass is 10.1. The fraction of sp³-hybridized carbons (Fsp3) is 0.500. The van der Waals surface area contributed by atoms with Crippen molar-refractivity contribution in [2.45, 2.75) is 43.4 Å². The number of hydrogen-bond donors (Lipinski definition) is 0. The lowest BCUT2D eigenvalue weighted by molar-refractivity contribution is -0.110. The van der Waals surface area contributed by atoms with Crippen molar-refractivity contribution in [3.63, 3.8) is 0 Å². The summed E-state index contributed by atoms with van der Waals surface area (Å²) in [5.74, 6) is -0.510. The molecule has 2 aromatic rings. The molecule has 0 N–H and O–H groups in total. The molecule has 0 spiro atoms. The molecule has 0 atom stereocenters. The number of rotatable bonds is 9. The lowest BCUT2D eigenvalue weighted by Crippen LogP contribution is -2.38. The van der Waals surface area contributed by atoms with E-state index in [0.717, 1.165) is 25.7 Å². The molecule has 0 bridgehead atoms. The number of nitrogens with zero attached hydrogens (tertiary/aromatic N) is 3. The topological polar surface area (TPSA) is 98.1 Å². The molecule has 1 saturated heterocycles. The SMILES string of the molecule is C=CCn1cc(C(=O)N(C)CC(OC)OC)c(=O)c2cc(S(=O)(=O)N3CCCCCC3)ccc21. The number of carbonyl (C=O) groups is 1. The molecule has 0 radical (unpaired) electrons. The Morgan fingerprint density at radius 3 is 2.41 bits per heavy atom. The minimum absolute atomic E-state index is 0.0564. The molecular formula is C24H33N3O6S. The number of aromatic nitrogens is 1. The maximum atomic E-state index is 13.4. The average Bonchev–Trinajstić information content (AvgIpc) is 3.14. The quantitative estimate of drug-likeness (QED) is 0.395. The van der Waals surface area contributed by atoms with Crippen molar-refractivity contribution in [1.82, 2.24) is 13.8 Å². The minimum atomic E-state index is -3.75. The Hall–Kier alpha value is -2.53. The molecule has 0 saturated carbocycles. The third-order valence-corrected chi connectivity index (χ3v) is 8.00. The summed E-state index contributed by atoms with van der Waals surface area (Å²) in [6.45, 7) is 5.14. The summed E-state index contributed by atoms with van der Waals surface area (Å²) in [6.07, 6.45) is 6.12. The second-order valence-electron chi connectivity index (χ2n) is 8.40. The molecule has 2 heterocycles. The molecule has 10 heteroatoms. The summed E-state index contributed by atoms with van der Waals surface area (Å²) in [7, 11) is 0.725. The first kappa shape index (κ1) is 26.1. The fourth-order valence-electron chi connectivity index (χ4n) is 4.17. The van der Waals surface area contributed by atoms with Crippen LogP contribution in [-0.2, 0) is 26.0 Å². The van der Waals surface area contributed by atoms with Crippen LogP contribution >= 0.6 is 0 Å². The molecule has 1 aromatic heterocycles. The van der Waals surface area contributed by atoms with Crippen molar-refractivity contribution in [1.29, 1.82) is 0 Å². The number of benzene rings is 1. The Morgan fingerprint density at radius 2 is 1.82 bits per heavy atom. The van der Waals surface area contributed by atoms with Crippen LogP contribution in [-0.4, -0.2) is 75.3 Å². The Balaban J connectivity index is 2.10. The van der Waals surface area contributed by atoms with Gasteiger partial charge in [0, 0.05) is 52.5 Å². The molecule has 186 valence electrons. The van der Waals surface area contributed by atoms with E-state index in [2.05, 4.69) is 6.58 Å². The van der Waals surface area contributed by atoms with Crippen molar-refractivity contribution in [2.24, 2.45) is 0 Å². The first-order valence-corrected chi connectivity index (χ1v) is 12.8. The van der Waals surface area contributed by atoms with E-state index >= 15 is 0 Å². The van der Waals surface area contributed by atoms with Crippen LogP contribution < -0.4 is 5.43 Å². The predicted octanol–water partition coefficient (Wildman–Crippen LogP) is 2.44. The van der Waals surface area contributed by atoms with Crippen LogP contribution in [0.15, 0.2) is 46.7 Å². The molecule has 0 aliphatic carbocycles. The van der Waals surface area contributed by atoms with Crippen LogP contribution in [0, 0.1) is 0 Å². The maximum absolute atomic E-state index is 13.4. The summed E-state index contributed by atoms with van der Waals surface area (Å²) >= 11 is 0. The van der Waals surface area contributed by atoms with E-state index in [0.29, 0.717) is 25.2 Å². The molecule has 1 amide bonds. The van der Waals surface area contributed by atoms with Crippen molar-refractivity contribution >= 4 is 26.8 Å². The van der Waals surface area contributed by atoms with Gasteiger partial charge in [-0.05, 0) is 31.0 Å². The number of pyridine rings is 1. The zero-order valence-electron chi connectivity index (χ0n) is 20.0. The Kier molecular flexibility index (Phi) is 8.64. The summed E-state index contributed by atoms with van der Waals surface area (Å²) in [5, 5.41) is 0.173. The van der Waals surface area contributed by atoms with Crippen molar-refractivity contribution in [3.8, 4) is 0 Å². The third kappa shape index (κ3) is 5.41. The standard InChI is InChI=1S/C24H33N3O6S/c1-5-12-26-16-20(24(29)25(2)17-22(32-3)33-4)23(28)19-15-18(10-11-21(19)26)34(30,31)27-13-8-6-7-9-14-27/h5,10-11,15-16,22H,1,6-9,12-14,17H2,2-4H3. The predicted molar refractivity (Wildman–Crippen MR) is 130 cm³/mol. The van der Waals surface area contributed by atoms with E-state index in [-0.39, 0.29) is 22.4 Å². The van der Waals surface area contributed by atoms with E-state index in [4.69, 9.17) is 9.47 Å². The van der Waals surface area contributed by atoms with Crippen molar-refractivity contribution < 1.29 is 22.7 Å². The number of carbonyl (C=O) groups excluding carboxylic acids is 1. The summed E-state index contributed by atoms with van der Waals surface area (Å²) in [5.41, 5.74) is -0.0517. The molecule has 0 unspecified atom stereocenters. The number of amides is 1. The Morgan fingerprint density at radius 1 is 1.18 bits per heavy atom. The van der Waals surface area contributed by atoms with E-state index in [1.165, 1.54) is 41.8 Å². The van der Waals surface area contributed by atoms with Gasteiger partial charge >= 0.3 is 0 Å². The maximum Gasteiger partial charge on any atom is 0.259 e. The Bertz CT molecular complexity index is 1200. The van der Waals surface area contributed by atoms with Crippen LogP contribution in [0.4, 0.5) is 0 Å². The number of fused-ring (bicyclic) bond motifs is 1. The first-order valence-electron chi connectivity index (χ1n) is 11.3. The molecule has 1 aromatic carbocycles. The van der Waals surface area contributed by atoms with E-state index in [1.54, 1.807) is 23.8 Å². The molecule has 1 fully saturated rings. The molecule has 3 rings (SSSR count). The Labute approximate surface area is 200 Å². The van der Waals surface area contributed by atoms with Crippen LogP contribution in [0.2, 0.25) is 0 Å².